The molecule has 166 valence electrons. The average Bonchev–Trinajstić information content (AvgIpc) is 3.40. The van der Waals surface area contributed by atoms with Gasteiger partial charge in [0.15, 0.2) is 0 Å². The molecule has 1 unspecified atom stereocenters. The molecule has 32 heavy (non-hydrogen) atoms. The monoisotopic (exact) mass is 448 g/mol. The summed E-state index contributed by atoms with van der Waals surface area (Å²) in [7, 11) is -3.29. The molecule has 7 heteroatoms. The Balaban J connectivity index is 1.26. The molecule has 2 aromatic carbocycles. The standard InChI is InChI=1S/C25H28N4O2S/c30-32(31,19-21-5-2-1-3-6-21)29-12-4-7-20(10-14-29)18-28-13-11-23-15-22(8-9-25(23)28)24-16-26-27-17-24/h1-3,5-6,8-9,11,13,15-17,20H,4,7,10,12,14,18-19H2,(H,26,27). The van der Waals surface area contributed by atoms with Crippen molar-refractivity contribution >= 4 is 20.9 Å². The first kappa shape index (κ1) is 21.0. The van der Waals surface area contributed by atoms with Crippen LogP contribution in [0.4, 0.5) is 0 Å². The van der Waals surface area contributed by atoms with E-state index in [1.54, 1.807) is 4.31 Å². The van der Waals surface area contributed by atoms with Crippen LogP contribution in [0.1, 0.15) is 24.8 Å². The first-order chi connectivity index (χ1) is 15.6. The van der Waals surface area contributed by atoms with Gasteiger partial charge in [-0.3, -0.25) is 5.10 Å². The fourth-order valence-electron chi connectivity index (χ4n) is 4.70. The predicted molar refractivity (Wildman–Crippen MR) is 127 cm³/mol. The third-order valence-electron chi connectivity index (χ3n) is 6.45. The fourth-order valence-corrected chi connectivity index (χ4v) is 6.29. The molecule has 1 atom stereocenters. The Hall–Kier alpha value is -2.90. The Morgan fingerprint density at radius 2 is 1.88 bits per heavy atom. The Labute approximate surface area is 188 Å². The topological polar surface area (TPSA) is 71.0 Å². The highest BCUT2D eigenvalue weighted by atomic mass is 32.2. The molecule has 0 spiro atoms. The van der Waals surface area contributed by atoms with Crippen LogP contribution in [0.2, 0.25) is 0 Å². The third-order valence-corrected chi connectivity index (χ3v) is 8.30. The summed E-state index contributed by atoms with van der Waals surface area (Å²) in [6.07, 6.45) is 8.73. The minimum atomic E-state index is -3.29. The van der Waals surface area contributed by atoms with Crippen LogP contribution < -0.4 is 0 Å². The highest BCUT2D eigenvalue weighted by molar-refractivity contribution is 7.88. The smallest absolute Gasteiger partial charge is 0.218 e. The van der Waals surface area contributed by atoms with E-state index in [0.29, 0.717) is 19.0 Å². The number of fused-ring (bicyclic) bond motifs is 1. The van der Waals surface area contributed by atoms with Crippen molar-refractivity contribution in [3.05, 3.63) is 78.8 Å². The number of hydrogen-bond acceptors (Lipinski definition) is 3. The molecule has 0 radical (unpaired) electrons. The van der Waals surface area contributed by atoms with Crippen LogP contribution in [0.25, 0.3) is 22.0 Å². The molecule has 0 aliphatic carbocycles. The Kier molecular flexibility index (Phi) is 5.85. The van der Waals surface area contributed by atoms with Crippen molar-refractivity contribution in [3.8, 4) is 11.1 Å². The summed E-state index contributed by atoms with van der Waals surface area (Å²) in [5, 5.41) is 8.12. The van der Waals surface area contributed by atoms with Gasteiger partial charge in [-0.2, -0.15) is 5.10 Å². The zero-order valence-electron chi connectivity index (χ0n) is 18.0. The first-order valence-corrected chi connectivity index (χ1v) is 12.8. The first-order valence-electron chi connectivity index (χ1n) is 11.2. The zero-order chi connectivity index (χ0) is 22.0. The van der Waals surface area contributed by atoms with E-state index in [1.165, 1.54) is 10.9 Å². The molecule has 1 N–H and O–H groups in total. The van der Waals surface area contributed by atoms with Gasteiger partial charge in [0.2, 0.25) is 10.0 Å². The quantitative estimate of drug-likeness (QED) is 0.466. The number of rotatable bonds is 6. The summed E-state index contributed by atoms with van der Waals surface area (Å²) >= 11 is 0. The second-order valence-electron chi connectivity index (χ2n) is 8.67. The van der Waals surface area contributed by atoms with Crippen LogP contribution in [0.3, 0.4) is 0 Å². The van der Waals surface area contributed by atoms with Crippen molar-refractivity contribution in [1.82, 2.24) is 19.1 Å². The summed E-state index contributed by atoms with van der Waals surface area (Å²) in [4.78, 5) is 0. The molecule has 6 nitrogen and oxygen atoms in total. The van der Waals surface area contributed by atoms with Crippen LogP contribution >= 0.6 is 0 Å². The number of benzene rings is 2. The highest BCUT2D eigenvalue weighted by Gasteiger charge is 2.26. The lowest BCUT2D eigenvalue weighted by Crippen LogP contribution is -2.33. The van der Waals surface area contributed by atoms with Crippen LogP contribution in [-0.4, -0.2) is 40.6 Å². The lowest BCUT2D eigenvalue weighted by molar-refractivity contribution is 0.388. The summed E-state index contributed by atoms with van der Waals surface area (Å²) in [5.41, 5.74) is 4.30. The molecular weight excluding hydrogens is 420 g/mol. The number of nitrogens with one attached hydrogen (secondary N) is 1. The zero-order valence-corrected chi connectivity index (χ0v) is 18.8. The summed E-state index contributed by atoms with van der Waals surface area (Å²) in [6, 6.07) is 18.1. The molecule has 1 saturated heterocycles. The van der Waals surface area contributed by atoms with E-state index in [4.69, 9.17) is 0 Å². The number of sulfonamides is 1. The van der Waals surface area contributed by atoms with Crippen molar-refractivity contribution in [2.75, 3.05) is 13.1 Å². The third kappa shape index (κ3) is 4.49. The van der Waals surface area contributed by atoms with Crippen molar-refractivity contribution in [2.45, 2.75) is 31.6 Å². The minimum Gasteiger partial charge on any atom is -0.347 e. The molecule has 1 aliphatic heterocycles. The molecule has 4 aromatic rings. The molecule has 1 fully saturated rings. The second kappa shape index (κ2) is 8.92. The maximum atomic E-state index is 12.9. The van der Waals surface area contributed by atoms with Gasteiger partial charge in [-0.25, -0.2) is 12.7 Å². The number of hydrogen-bond donors (Lipinski definition) is 1. The SMILES string of the molecule is O=S(=O)(Cc1ccccc1)N1CCCC(Cn2ccc3cc(-c4cn[nH]c4)ccc32)CC1. The van der Waals surface area contributed by atoms with E-state index in [-0.39, 0.29) is 5.75 Å². The molecular formula is C25H28N4O2S. The van der Waals surface area contributed by atoms with Gasteiger partial charge in [0.25, 0.3) is 0 Å². The van der Waals surface area contributed by atoms with E-state index in [1.807, 2.05) is 42.7 Å². The molecule has 0 saturated carbocycles. The van der Waals surface area contributed by atoms with Crippen LogP contribution in [0.5, 0.6) is 0 Å². The lowest BCUT2D eigenvalue weighted by Gasteiger charge is -2.20. The number of aromatic amines is 1. The van der Waals surface area contributed by atoms with E-state index in [0.717, 1.165) is 42.5 Å². The second-order valence-corrected chi connectivity index (χ2v) is 10.6. The maximum absolute atomic E-state index is 12.9. The Morgan fingerprint density at radius 1 is 1.00 bits per heavy atom. The van der Waals surface area contributed by atoms with Gasteiger partial charge in [0.05, 0.1) is 11.9 Å². The molecule has 3 heterocycles. The average molecular weight is 449 g/mol. The minimum absolute atomic E-state index is 0.0831. The predicted octanol–water partition coefficient (Wildman–Crippen LogP) is 4.66. The number of H-pyrrole nitrogens is 1. The summed E-state index contributed by atoms with van der Waals surface area (Å²) in [6.45, 7) is 2.14. The fraction of sp³-hybridized carbons (Fsp3) is 0.320. The number of nitrogens with zero attached hydrogens (tertiary/aromatic N) is 3. The van der Waals surface area contributed by atoms with Gasteiger partial charge in [0, 0.05) is 48.5 Å². The van der Waals surface area contributed by atoms with Gasteiger partial charge in [-0.15, -0.1) is 0 Å². The van der Waals surface area contributed by atoms with Crippen molar-refractivity contribution in [3.63, 3.8) is 0 Å². The van der Waals surface area contributed by atoms with Crippen LogP contribution in [0.15, 0.2) is 73.2 Å². The highest BCUT2D eigenvalue weighted by Crippen LogP contribution is 2.27. The number of aromatic nitrogens is 3. The Morgan fingerprint density at radius 3 is 2.69 bits per heavy atom. The van der Waals surface area contributed by atoms with Gasteiger partial charge in [-0.05, 0) is 54.5 Å². The van der Waals surface area contributed by atoms with Gasteiger partial charge < -0.3 is 4.57 Å². The molecule has 0 bridgehead atoms. The van der Waals surface area contributed by atoms with Gasteiger partial charge >= 0.3 is 0 Å². The van der Waals surface area contributed by atoms with E-state index < -0.39 is 10.0 Å². The van der Waals surface area contributed by atoms with E-state index in [9.17, 15) is 8.42 Å². The molecule has 0 amide bonds. The van der Waals surface area contributed by atoms with Gasteiger partial charge in [0.1, 0.15) is 0 Å². The maximum Gasteiger partial charge on any atom is 0.218 e. The molecule has 5 rings (SSSR count). The largest absolute Gasteiger partial charge is 0.347 e. The van der Waals surface area contributed by atoms with E-state index >= 15 is 0 Å². The molecule has 2 aromatic heterocycles. The van der Waals surface area contributed by atoms with Crippen LogP contribution in [-0.2, 0) is 22.3 Å². The molecule has 1 aliphatic rings. The summed E-state index contributed by atoms with van der Waals surface area (Å²) in [5.74, 6) is 0.552. The van der Waals surface area contributed by atoms with Gasteiger partial charge in [-0.1, -0.05) is 36.4 Å². The Bertz CT molecular complexity index is 1280. The van der Waals surface area contributed by atoms with Crippen molar-refractivity contribution in [1.29, 1.82) is 0 Å². The van der Waals surface area contributed by atoms with Crippen LogP contribution in [0, 0.1) is 5.92 Å². The van der Waals surface area contributed by atoms with E-state index in [2.05, 4.69) is 45.2 Å². The van der Waals surface area contributed by atoms with Crippen molar-refractivity contribution in [2.24, 2.45) is 5.92 Å². The van der Waals surface area contributed by atoms with Crippen molar-refractivity contribution < 1.29 is 8.42 Å². The summed E-state index contributed by atoms with van der Waals surface area (Å²) < 4.78 is 29.9. The normalized spacial score (nSPS) is 18.1. The lowest BCUT2D eigenvalue weighted by atomic mass is 10.0.